The molecule has 0 aliphatic carbocycles. The van der Waals surface area contributed by atoms with E-state index in [0.717, 1.165) is 5.69 Å². The van der Waals surface area contributed by atoms with Crippen LogP contribution < -0.4 is 58.2 Å². The first-order valence-electron chi connectivity index (χ1n) is 2.19. The molecule has 0 radical (unpaired) electrons. The van der Waals surface area contributed by atoms with Crippen molar-refractivity contribution >= 4 is 0 Å². The van der Waals surface area contributed by atoms with Gasteiger partial charge in [0.2, 0.25) is 0 Å². The molecule has 0 fully saturated rings. The molecule has 1 aromatic rings. The van der Waals surface area contributed by atoms with E-state index in [0.29, 0.717) is 0 Å². The molecule has 0 saturated carbocycles. The molecule has 0 aliphatic rings. The van der Waals surface area contributed by atoms with Crippen LogP contribution in [0.2, 0.25) is 0 Å². The van der Waals surface area contributed by atoms with E-state index in [1.54, 1.807) is 6.07 Å². The quantitative estimate of drug-likeness (QED) is 0.426. The number of aromatic nitrogens is 1. The number of rotatable bonds is 0. The van der Waals surface area contributed by atoms with Crippen molar-refractivity contribution in [1.29, 1.82) is 0 Å². The standard InChI is InChI=1S/C6H6N.Rb/c1-6-4-2-3-5-7-6;/h2-4H,1H3;/q-1;+1. The van der Waals surface area contributed by atoms with Crippen LogP contribution in [0, 0.1) is 13.1 Å². The number of hydrogen-bond acceptors (Lipinski definition) is 1. The second-order valence-corrected chi connectivity index (χ2v) is 1.41. The summed E-state index contributed by atoms with van der Waals surface area (Å²) in [5.41, 5.74) is 1.02. The molecular weight excluding hydrogens is 172 g/mol. The molecule has 0 N–H and O–H groups in total. The zero-order chi connectivity index (χ0) is 5.11. The van der Waals surface area contributed by atoms with Crippen molar-refractivity contribution in [3.63, 3.8) is 0 Å². The molecule has 0 aliphatic heterocycles. The third-order valence-corrected chi connectivity index (χ3v) is 0.749. The van der Waals surface area contributed by atoms with Crippen molar-refractivity contribution in [3.8, 4) is 0 Å². The molecule has 0 unspecified atom stereocenters. The smallest absolute Gasteiger partial charge is 0.391 e. The fraction of sp³-hybridized carbons (Fsp3) is 0.167. The molecule has 0 aromatic carbocycles. The molecule has 0 spiro atoms. The van der Waals surface area contributed by atoms with Crippen LogP contribution in [-0.2, 0) is 0 Å². The van der Waals surface area contributed by atoms with E-state index in [4.69, 9.17) is 0 Å². The summed E-state index contributed by atoms with van der Waals surface area (Å²) >= 11 is 0. The summed E-state index contributed by atoms with van der Waals surface area (Å²) < 4.78 is 0. The topological polar surface area (TPSA) is 12.9 Å². The Morgan fingerprint density at radius 2 is 2.38 bits per heavy atom. The summed E-state index contributed by atoms with van der Waals surface area (Å²) in [6.45, 7) is 1.94. The van der Waals surface area contributed by atoms with Crippen LogP contribution in [-0.4, -0.2) is 4.98 Å². The van der Waals surface area contributed by atoms with Crippen LogP contribution in [0.25, 0.3) is 0 Å². The molecule has 0 saturated heterocycles. The maximum atomic E-state index is 3.85. The zero-order valence-electron chi connectivity index (χ0n) is 5.18. The average Bonchev–Trinajstić information content (AvgIpc) is 1.69. The van der Waals surface area contributed by atoms with Crippen LogP contribution in [0.5, 0.6) is 0 Å². The van der Waals surface area contributed by atoms with Crippen molar-refractivity contribution in [3.05, 3.63) is 30.1 Å². The minimum Gasteiger partial charge on any atom is -0.391 e. The van der Waals surface area contributed by atoms with Gasteiger partial charge in [0.1, 0.15) is 0 Å². The summed E-state index contributed by atoms with van der Waals surface area (Å²) in [5, 5.41) is 0. The van der Waals surface area contributed by atoms with Gasteiger partial charge in [0.15, 0.2) is 0 Å². The van der Waals surface area contributed by atoms with E-state index >= 15 is 0 Å². The maximum Gasteiger partial charge on any atom is 1.00 e. The van der Waals surface area contributed by atoms with Crippen LogP contribution in [0.4, 0.5) is 0 Å². The fourth-order valence-corrected chi connectivity index (χ4v) is 0.407. The van der Waals surface area contributed by atoms with Gasteiger partial charge in [-0.3, -0.25) is 0 Å². The van der Waals surface area contributed by atoms with Crippen molar-refractivity contribution in [2.45, 2.75) is 6.92 Å². The summed E-state index contributed by atoms with van der Waals surface area (Å²) in [7, 11) is 0. The monoisotopic (exact) mass is 177 g/mol. The Labute approximate surface area is 98.3 Å². The Bertz CT molecular complexity index is 138. The number of nitrogens with zero attached hydrogens (tertiary/aromatic N) is 1. The largest absolute Gasteiger partial charge is 1.00 e. The molecule has 1 aromatic heterocycles. The fourth-order valence-electron chi connectivity index (χ4n) is 0.407. The molecule has 0 atom stereocenters. The molecule has 0 amide bonds. The predicted octanol–water partition coefficient (Wildman–Crippen LogP) is -1.81. The molecule has 8 heavy (non-hydrogen) atoms. The van der Waals surface area contributed by atoms with Gasteiger partial charge in [-0.1, -0.05) is 18.8 Å². The van der Waals surface area contributed by atoms with Gasteiger partial charge in [0, 0.05) is 0 Å². The second-order valence-electron chi connectivity index (χ2n) is 1.41. The van der Waals surface area contributed by atoms with Gasteiger partial charge in [0.25, 0.3) is 0 Å². The Kier molecular flexibility index (Phi) is 5.37. The molecule has 1 rings (SSSR count). The van der Waals surface area contributed by atoms with E-state index in [-0.39, 0.29) is 58.2 Å². The van der Waals surface area contributed by atoms with Crippen LogP contribution in [0.1, 0.15) is 5.69 Å². The van der Waals surface area contributed by atoms with Gasteiger partial charge in [0.05, 0.1) is 0 Å². The molecule has 1 nitrogen and oxygen atoms in total. The van der Waals surface area contributed by atoms with Crippen molar-refractivity contribution < 1.29 is 58.2 Å². The van der Waals surface area contributed by atoms with Gasteiger partial charge in [-0.15, -0.1) is 0 Å². The molecule has 1 heterocycles. The van der Waals surface area contributed by atoms with Gasteiger partial charge in [-0.25, -0.2) is 0 Å². The first kappa shape index (κ1) is 8.96. The first-order valence-corrected chi connectivity index (χ1v) is 2.19. The summed E-state index contributed by atoms with van der Waals surface area (Å²) in [6, 6.07) is 5.64. The van der Waals surface area contributed by atoms with Crippen molar-refractivity contribution in [1.82, 2.24) is 4.98 Å². The van der Waals surface area contributed by atoms with Crippen LogP contribution in [0.3, 0.4) is 0 Å². The van der Waals surface area contributed by atoms with E-state index in [2.05, 4.69) is 11.2 Å². The van der Waals surface area contributed by atoms with E-state index in [1.807, 2.05) is 19.1 Å². The van der Waals surface area contributed by atoms with E-state index in [1.165, 1.54) is 0 Å². The third-order valence-electron chi connectivity index (χ3n) is 0.749. The number of aryl methyl sites for hydroxylation is 1. The summed E-state index contributed by atoms with van der Waals surface area (Å²) in [4.78, 5) is 3.85. The minimum atomic E-state index is 0. The zero-order valence-corrected chi connectivity index (χ0v) is 10.1. The van der Waals surface area contributed by atoms with Crippen LogP contribution in [0.15, 0.2) is 18.2 Å². The number of hydrogen-bond donors (Lipinski definition) is 0. The Hall–Kier alpha value is 0.955. The molecule has 0 bridgehead atoms. The summed E-state index contributed by atoms with van der Waals surface area (Å²) in [6.07, 6.45) is 2.71. The predicted molar refractivity (Wildman–Crippen MR) is 27.8 cm³/mol. The Morgan fingerprint density at radius 3 is 2.62 bits per heavy atom. The van der Waals surface area contributed by atoms with E-state index < -0.39 is 0 Å². The van der Waals surface area contributed by atoms with Gasteiger partial charge >= 0.3 is 58.2 Å². The molecule has 2 heteroatoms. The SMILES string of the molecule is Cc1ccc[c-]n1.[Rb+]. The van der Waals surface area contributed by atoms with Gasteiger partial charge < -0.3 is 4.98 Å². The second kappa shape index (κ2) is 4.80. The average molecular weight is 178 g/mol. The minimum absolute atomic E-state index is 0. The van der Waals surface area contributed by atoms with Crippen LogP contribution >= 0.6 is 0 Å². The third kappa shape index (κ3) is 3.08. The Morgan fingerprint density at radius 1 is 1.62 bits per heavy atom. The van der Waals surface area contributed by atoms with Crippen molar-refractivity contribution in [2.75, 3.05) is 0 Å². The Balaban J connectivity index is 0.000000490. The van der Waals surface area contributed by atoms with E-state index in [9.17, 15) is 0 Å². The summed E-state index contributed by atoms with van der Waals surface area (Å²) in [5.74, 6) is 0. The van der Waals surface area contributed by atoms with Gasteiger partial charge in [-0.05, 0) is 0 Å². The molecule has 36 valence electrons. The van der Waals surface area contributed by atoms with Crippen molar-refractivity contribution in [2.24, 2.45) is 0 Å². The molecular formula is C6H6NRb. The maximum absolute atomic E-state index is 3.85. The van der Waals surface area contributed by atoms with Gasteiger partial charge in [-0.2, -0.15) is 18.2 Å². The normalized spacial score (nSPS) is 7.62. The number of pyridine rings is 1. The first-order chi connectivity index (χ1) is 3.39.